The van der Waals surface area contributed by atoms with Crippen molar-refractivity contribution < 1.29 is 14.3 Å². The molecule has 0 saturated carbocycles. The zero-order valence-electron chi connectivity index (χ0n) is 14.7. The first-order valence-electron chi connectivity index (χ1n) is 8.46. The van der Waals surface area contributed by atoms with Gasteiger partial charge in [0.1, 0.15) is 11.5 Å². The van der Waals surface area contributed by atoms with Gasteiger partial charge in [-0.25, -0.2) is 0 Å². The number of halogens is 1. The van der Waals surface area contributed by atoms with Crippen LogP contribution in [0.15, 0.2) is 46.9 Å². The molecule has 2 aromatic carbocycles. The molecule has 0 aliphatic rings. The Hall–Kier alpha value is -2.01. The number of nitrogens with one attached hydrogen (secondary N) is 1. The Morgan fingerprint density at radius 2 is 1.80 bits per heavy atom. The Bertz CT molecular complexity index is 686. The first-order valence-corrected chi connectivity index (χ1v) is 9.25. The van der Waals surface area contributed by atoms with Crippen molar-refractivity contribution in [3.8, 4) is 11.5 Å². The zero-order valence-corrected chi connectivity index (χ0v) is 16.3. The summed E-state index contributed by atoms with van der Waals surface area (Å²) in [5.41, 5.74) is 2.31. The average Bonchev–Trinajstić information content (AvgIpc) is 2.61. The molecule has 0 radical (unpaired) electrons. The summed E-state index contributed by atoms with van der Waals surface area (Å²) in [6, 6.07) is 13.7. The minimum Gasteiger partial charge on any atom is -0.494 e. The van der Waals surface area contributed by atoms with E-state index in [1.807, 2.05) is 44.2 Å². The van der Waals surface area contributed by atoms with Gasteiger partial charge in [-0.05, 0) is 68.1 Å². The number of carbonyl (C=O) groups excluding carboxylic acids is 1. The third kappa shape index (κ3) is 6.78. The molecule has 1 amide bonds. The van der Waals surface area contributed by atoms with Gasteiger partial charge in [0.05, 0.1) is 6.61 Å². The predicted octanol–water partition coefficient (Wildman–Crippen LogP) is 4.28. The molecule has 0 aromatic heterocycles. The fraction of sp³-hybridized carbons (Fsp3) is 0.350. The van der Waals surface area contributed by atoms with Crippen LogP contribution in [0, 0.1) is 6.92 Å². The van der Waals surface area contributed by atoms with Crippen LogP contribution < -0.4 is 14.8 Å². The maximum Gasteiger partial charge on any atom is 0.257 e. The van der Waals surface area contributed by atoms with Crippen LogP contribution in [0.3, 0.4) is 0 Å². The molecule has 25 heavy (non-hydrogen) atoms. The maximum atomic E-state index is 11.8. The van der Waals surface area contributed by atoms with E-state index < -0.39 is 0 Å². The Balaban J connectivity index is 1.64. The van der Waals surface area contributed by atoms with E-state index in [1.165, 1.54) is 5.56 Å². The van der Waals surface area contributed by atoms with Crippen molar-refractivity contribution in [2.24, 2.45) is 0 Å². The lowest BCUT2D eigenvalue weighted by molar-refractivity contribution is -0.123. The molecule has 0 spiro atoms. The molecule has 0 saturated heterocycles. The molecular formula is C20H24BrNO3. The molecule has 0 heterocycles. The molecule has 0 fully saturated rings. The number of ether oxygens (including phenoxy) is 2. The number of aryl methyl sites for hydroxylation is 2. The van der Waals surface area contributed by atoms with E-state index in [4.69, 9.17) is 9.47 Å². The monoisotopic (exact) mass is 405 g/mol. The Labute approximate surface area is 157 Å². The molecule has 0 atom stereocenters. The van der Waals surface area contributed by atoms with E-state index in [2.05, 4.69) is 33.4 Å². The lowest BCUT2D eigenvalue weighted by Gasteiger charge is -2.09. The van der Waals surface area contributed by atoms with Crippen LogP contribution in [0.5, 0.6) is 11.5 Å². The highest BCUT2D eigenvalue weighted by molar-refractivity contribution is 9.10. The summed E-state index contributed by atoms with van der Waals surface area (Å²) in [5.74, 6) is 1.48. The smallest absolute Gasteiger partial charge is 0.257 e. The molecule has 134 valence electrons. The highest BCUT2D eigenvalue weighted by Crippen LogP contribution is 2.21. The van der Waals surface area contributed by atoms with E-state index in [-0.39, 0.29) is 12.5 Å². The second-order valence-corrected chi connectivity index (χ2v) is 6.58. The van der Waals surface area contributed by atoms with Crippen LogP contribution in [-0.4, -0.2) is 25.7 Å². The fourth-order valence-electron chi connectivity index (χ4n) is 2.35. The summed E-state index contributed by atoms with van der Waals surface area (Å²) in [5, 5.41) is 2.88. The van der Waals surface area contributed by atoms with Gasteiger partial charge >= 0.3 is 0 Å². The summed E-state index contributed by atoms with van der Waals surface area (Å²) < 4.78 is 12.0. The normalized spacial score (nSPS) is 10.4. The lowest BCUT2D eigenvalue weighted by atomic mass is 10.1. The molecule has 4 nitrogen and oxygen atoms in total. The first-order chi connectivity index (χ1) is 12.1. The number of carbonyl (C=O) groups is 1. The largest absolute Gasteiger partial charge is 0.494 e. The van der Waals surface area contributed by atoms with E-state index in [9.17, 15) is 4.79 Å². The molecule has 0 unspecified atom stereocenters. The Kier molecular flexibility index (Phi) is 7.79. The van der Waals surface area contributed by atoms with Crippen LogP contribution in [-0.2, 0) is 11.2 Å². The van der Waals surface area contributed by atoms with Crippen LogP contribution in [0.25, 0.3) is 0 Å². The lowest BCUT2D eigenvalue weighted by Crippen LogP contribution is -2.29. The van der Waals surface area contributed by atoms with Gasteiger partial charge in [-0.15, -0.1) is 0 Å². The van der Waals surface area contributed by atoms with Gasteiger partial charge < -0.3 is 14.8 Å². The van der Waals surface area contributed by atoms with Crippen LogP contribution in [0.4, 0.5) is 0 Å². The van der Waals surface area contributed by atoms with Gasteiger partial charge in [-0.1, -0.05) is 28.1 Å². The van der Waals surface area contributed by atoms with E-state index in [1.54, 1.807) is 0 Å². The van der Waals surface area contributed by atoms with E-state index >= 15 is 0 Å². The summed E-state index contributed by atoms with van der Waals surface area (Å²) in [6.45, 7) is 5.29. The molecule has 0 aliphatic carbocycles. The van der Waals surface area contributed by atoms with Gasteiger partial charge in [0.2, 0.25) is 0 Å². The SMILES string of the molecule is CCOc1ccc(CCCNC(=O)COc2ccc(Br)c(C)c2)cc1. The minimum absolute atomic E-state index is 0.0319. The fourth-order valence-corrected chi connectivity index (χ4v) is 2.59. The molecule has 0 aliphatic heterocycles. The van der Waals surface area contributed by atoms with Crippen molar-refractivity contribution in [2.45, 2.75) is 26.7 Å². The Morgan fingerprint density at radius 3 is 2.48 bits per heavy atom. The van der Waals surface area contributed by atoms with Gasteiger partial charge in [-0.2, -0.15) is 0 Å². The summed E-state index contributed by atoms with van der Waals surface area (Å²) in [7, 11) is 0. The maximum absolute atomic E-state index is 11.8. The molecule has 0 bridgehead atoms. The quantitative estimate of drug-likeness (QED) is 0.633. The van der Waals surface area contributed by atoms with Crippen LogP contribution >= 0.6 is 15.9 Å². The summed E-state index contributed by atoms with van der Waals surface area (Å²) in [4.78, 5) is 11.8. The van der Waals surface area contributed by atoms with Gasteiger partial charge in [0.15, 0.2) is 6.61 Å². The second kappa shape index (κ2) is 10.1. The van der Waals surface area contributed by atoms with E-state index in [0.29, 0.717) is 18.9 Å². The minimum atomic E-state index is -0.104. The van der Waals surface area contributed by atoms with Crippen molar-refractivity contribution in [3.63, 3.8) is 0 Å². The molecule has 1 N–H and O–H groups in total. The highest BCUT2D eigenvalue weighted by Gasteiger charge is 2.04. The second-order valence-electron chi connectivity index (χ2n) is 5.73. The highest BCUT2D eigenvalue weighted by atomic mass is 79.9. The summed E-state index contributed by atoms with van der Waals surface area (Å²) >= 11 is 3.44. The topological polar surface area (TPSA) is 47.6 Å². The van der Waals surface area contributed by atoms with Crippen molar-refractivity contribution in [1.82, 2.24) is 5.32 Å². The first kappa shape index (κ1) is 19.3. The molecular weight excluding hydrogens is 382 g/mol. The molecule has 2 rings (SSSR count). The third-order valence-electron chi connectivity index (χ3n) is 3.70. The number of rotatable bonds is 9. The number of amides is 1. The van der Waals surface area contributed by atoms with Crippen molar-refractivity contribution in [2.75, 3.05) is 19.8 Å². The standard InChI is InChI=1S/C20H24BrNO3/c1-3-24-17-8-6-16(7-9-17)5-4-12-22-20(23)14-25-18-10-11-19(21)15(2)13-18/h6-11,13H,3-5,12,14H2,1-2H3,(H,22,23). The zero-order chi connectivity index (χ0) is 18.1. The van der Waals surface area contributed by atoms with Gasteiger partial charge in [0.25, 0.3) is 5.91 Å². The van der Waals surface area contributed by atoms with Crippen LogP contribution in [0.1, 0.15) is 24.5 Å². The average molecular weight is 406 g/mol. The Morgan fingerprint density at radius 1 is 1.08 bits per heavy atom. The number of hydrogen-bond acceptors (Lipinski definition) is 3. The molecule has 2 aromatic rings. The van der Waals surface area contributed by atoms with Gasteiger partial charge in [-0.3, -0.25) is 4.79 Å². The molecule has 5 heteroatoms. The van der Waals surface area contributed by atoms with Crippen LogP contribution in [0.2, 0.25) is 0 Å². The van der Waals surface area contributed by atoms with Crippen molar-refractivity contribution >= 4 is 21.8 Å². The van der Waals surface area contributed by atoms with Gasteiger partial charge in [0, 0.05) is 11.0 Å². The number of benzene rings is 2. The third-order valence-corrected chi connectivity index (χ3v) is 4.59. The van der Waals surface area contributed by atoms with Crippen molar-refractivity contribution in [1.29, 1.82) is 0 Å². The summed E-state index contributed by atoms with van der Waals surface area (Å²) in [6.07, 6.45) is 1.80. The predicted molar refractivity (Wildman–Crippen MR) is 103 cm³/mol. The number of hydrogen-bond donors (Lipinski definition) is 1. The van der Waals surface area contributed by atoms with Crippen molar-refractivity contribution in [3.05, 3.63) is 58.1 Å². The van der Waals surface area contributed by atoms with E-state index in [0.717, 1.165) is 28.6 Å².